The van der Waals surface area contributed by atoms with Gasteiger partial charge in [-0.15, -0.1) is 0 Å². The number of halogens is 2. The van der Waals surface area contributed by atoms with Crippen molar-refractivity contribution in [2.24, 2.45) is 5.10 Å². The molecule has 2 amide bonds. The van der Waals surface area contributed by atoms with Crippen molar-refractivity contribution in [3.05, 3.63) is 87.6 Å². The second kappa shape index (κ2) is 11.2. The lowest BCUT2D eigenvalue weighted by molar-refractivity contribution is -0.136. The molecule has 0 atom stereocenters. The van der Waals surface area contributed by atoms with E-state index in [1.807, 2.05) is 31.2 Å². The lowest BCUT2D eigenvalue weighted by Crippen LogP contribution is -2.32. The third-order valence-electron chi connectivity index (χ3n) is 4.57. The highest BCUT2D eigenvalue weighted by Crippen LogP contribution is 2.37. The van der Waals surface area contributed by atoms with Gasteiger partial charge in [-0.05, 0) is 75.9 Å². The maximum atomic E-state index is 12.9. The molecule has 0 bridgehead atoms. The van der Waals surface area contributed by atoms with Gasteiger partial charge in [0.25, 0.3) is 0 Å². The monoisotopic (exact) mass is 513 g/mol. The number of amides is 2. The molecule has 3 aromatic carbocycles. The molecule has 2 N–H and O–H groups in total. The Bertz CT molecular complexity index is 1180. The van der Waals surface area contributed by atoms with Gasteiger partial charge in [0.05, 0.1) is 17.8 Å². The van der Waals surface area contributed by atoms with Crippen LogP contribution in [-0.4, -0.2) is 25.1 Å². The lowest BCUT2D eigenvalue weighted by atomic mass is 10.1. The number of carbonyl (C=O) groups excluding carboxylic acids is 2. The van der Waals surface area contributed by atoms with Gasteiger partial charge in [-0.1, -0.05) is 24.3 Å². The van der Waals surface area contributed by atoms with Crippen LogP contribution >= 0.6 is 15.9 Å². The van der Waals surface area contributed by atoms with Gasteiger partial charge >= 0.3 is 11.8 Å². The molecule has 0 aliphatic heterocycles. The van der Waals surface area contributed by atoms with Crippen molar-refractivity contribution < 1.29 is 23.5 Å². The van der Waals surface area contributed by atoms with Crippen molar-refractivity contribution in [2.45, 2.75) is 13.5 Å². The van der Waals surface area contributed by atoms with E-state index in [-0.39, 0.29) is 5.69 Å². The van der Waals surface area contributed by atoms with E-state index >= 15 is 0 Å². The van der Waals surface area contributed by atoms with Crippen LogP contribution in [0.5, 0.6) is 11.5 Å². The highest BCUT2D eigenvalue weighted by atomic mass is 79.9. The molecular weight excluding hydrogens is 493 g/mol. The number of carbonyl (C=O) groups is 2. The lowest BCUT2D eigenvalue weighted by Gasteiger charge is -2.14. The Kier molecular flexibility index (Phi) is 8.15. The molecule has 9 heteroatoms. The summed E-state index contributed by atoms with van der Waals surface area (Å²) in [5, 5.41) is 6.16. The van der Waals surface area contributed by atoms with E-state index in [9.17, 15) is 14.0 Å². The summed E-state index contributed by atoms with van der Waals surface area (Å²) in [5.74, 6) is -1.35. The second-order valence-electron chi connectivity index (χ2n) is 6.91. The average molecular weight is 514 g/mol. The van der Waals surface area contributed by atoms with E-state index in [2.05, 4.69) is 31.8 Å². The molecule has 7 nitrogen and oxygen atoms in total. The Morgan fingerprint density at radius 2 is 1.82 bits per heavy atom. The zero-order valence-electron chi connectivity index (χ0n) is 17.9. The van der Waals surface area contributed by atoms with Gasteiger partial charge in [-0.2, -0.15) is 5.10 Å². The molecule has 0 radical (unpaired) electrons. The summed E-state index contributed by atoms with van der Waals surface area (Å²) in [4.78, 5) is 23.8. The number of nitrogens with zero attached hydrogens (tertiary/aromatic N) is 1. The van der Waals surface area contributed by atoms with E-state index < -0.39 is 17.6 Å². The Morgan fingerprint density at radius 1 is 1.09 bits per heavy atom. The first-order valence-electron chi connectivity index (χ1n) is 9.82. The molecule has 0 fully saturated rings. The quantitative estimate of drug-likeness (QED) is 0.275. The molecule has 3 aromatic rings. The summed E-state index contributed by atoms with van der Waals surface area (Å²) in [6, 6.07) is 16.4. The Balaban J connectivity index is 1.62. The summed E-state index contributed by atoms with van der Waals surface area (Å²) in [5.41, 5.74) is 5.21. The third kappa shape index (κ3) is 6.63. The number of ether oxygens (including phenoxy) is 2. The van der Waals surface area contributed by atoms with Crippen LogP contribution in [-0.2, 0) is 16.2 Å². The van der Waals surface area contributed by atoms with Crippen LogP contribution in [0.2, 0.25) is 0 Å². The summed E-state index contributed by atoms with van der Waals surface area (Å²) in [6.45, 7) is 2.38. The number of nitrogens with one attached hydrogen (secondary N) is 2. The first kappa shape index (κ1) is 23.9. The standard InChI is InChI=1S/C24H21BrFN3O4/c1-15-5-3-4-6-17(15)14-33-22-20(25)11-16(12-21(22)32-2)13-27-29-24(31)23(30)28-19-9-7-18(26)8-10-19/h3-13H,14H2,1-2H3,(H,28,30)(H,29,31)/b27-13+. The predicted octanol–water partition coefficient (Wildman–Crippen LogP) is 4.57. The number of rotatable bonds is 7. The van der Waals surface area contributed by atoms with Crippen LogP contribution in [0, 0.1) is 12.7 Å². The van der Waals surface area contributed by atoms with E-state index in [1.165, 1.54) is 37.6 Å². The number of hydrogen-bond acceptors (Lipinski definition) is 5. The molecule has 0 unspecified atom stereocenters. The number of hydrazone groups is 1. The van der Waals surface area contributed by atoms with Crippen LogP contribution < -0.4 is 20.2 Å². The predicted molar refractivity (Wildman–Crippen MR) is 127 cm³/mol. The van der Waals surface area contributed by atoms with Crippen molar-refractivity contribution >= 4 is 39.6 Å². The van der Waals surface area contributed by atoms with E-state index in [0.29, 0.717) is 28.1 Å². The van der Waals surface area contributed by atoms with Crippen LogP contribution in [0.15, 0.2) is 70.2 Å². The molecular formula is C24H21BrFN3O4. The maximum absolute atomic E-state index is 12.9. The van der Waals surface area contributed by atoms with Crippen LogP contribution in [0.25, 0.3) is 0 Å². The van der Waals surface area contributed by atoms with Gasteiger partial charge in [0.1, 0.15) is 12.4 Å². The maximum Gasteiger partial charge on any atom is 0.329 e. The minimum absolute atomic E-state index is 0.287. The summed E-state index contributed by atoms with van der Waals surface area (Å²) in [6.07, 6.45) is 1.36. The molecule has 0 spiro atoms. The number of aryl methyl sites for hydroxylation is 1. The van der Waals surface area contributed by atoms with Gasteiger partial charge in [-0.25, -0.2) is 9.82 Å². The van der Waals surface area contributed by atoms with Crippen molar-refractivity contribution in [2.75, 3.05) is 12.4 Å². The van der Waals surface area contributed by atoms with Gasteiger partial charge in [0.2, 0.25) is 0 Å². The molecule has 0 saturated carbocycles. The fourth-order valence-electron chi connectivity index (χ4n) is 2.81. The highest BCUT2D eigenvalue weighted by molar-refractivity contribution is 9.10. The number of anilines is 1. The smallest absolute Gasteiger partial charge is 0.329 e. The molecule has 0 aromatic heterocycles. The first-order valence-corrected chi connectivity index (χ1v) is 10.6. The minimum Gasteiger partial charge on any atom is -0.493 e. The Labute approximate surface area is 198 Å². The molecule has 33 heavy (non-hydrogen) atoms. The van der Waals surface area contributed by atoms with Crippen molar-refractivity contribution in [1.29, 1.82) is 0 Å². The van der Waals surface area contributed by atoms with Crippen LogP contribution in [0.1, 0.15) is 16.7 Å². The van der Waals surface area contributed by atoms with Crippen LogP contribution in [0.3, 0.4) is 0 Å². The normalized spacial score (nSPS) is 10.7. The van der Waals surface area contributed by atoms with Crippen molar-refractivity contribution in [3.8, 4) is 11.5 Å². The minimum atomic E-state index is -0.972. The van der Waals surface area contributed by atoms with Gasteiger partial charge < -0.3 is 14.8 Å². The fourth-order valence-corrected chi connectivity index (χ4v) is 3.39. The van der Waals surface area contributed by atoms with E-state index in [0.717, 1.165) is 11.1 Å². The summed E-state index contributed by atoms with van der Waals surface area (Å²) in [7, 11) is 1.52. The van der Waals surface area contributed by atoms with Gasteiger partial charge in [0, 0.05) is 5.69 Å². The average Bonchev–Trinajstić information content (AvgIpc) is 2.80. The molecule has 0 aliphatic carbocycles. The van der Waals surface area contributed by atoms with Crippen LogP contribution in [0.4, 0.5) is 10.1 Å². The summed E-state index contributed by atoms with van der Waals surface area (Å²) >= 11 is 3.47. The zero-order valence-corrected chi connectivity index (χ0v) is 19.5. The SMILES string of the molecule is COc1cc(/C=N/NC(=O)C(=O)Nc2ccc(F)cc2)cc(Br)c1OCc1ccccc1C. The molecule has 0 saturated heterocycles. The van der Waals surface area contributed by atoms with Gasteiger partial charge in [0.15, 0.2) is 11.5 Å². The van der Waals surface area contributed by atoms with Gasteiger partial charge in [-0.3, -0.25) is 9.59 Å². The van der Waals surface area contributed by atoms with E-state index in [1.54, 1.807) is 12.1 Å². The topological polar surface area (TPSA) is 89.0 Å². The fraction of sp³-hybridized carbons (Fsp3) is 0.125. The zero-order chi connectivity index (χ0) is 23.8. The highest BCUT2D eigenvalue weighted by Gasteiger charge is 2.14. The number of methoxy groups -OCH3 is 1. The molecule has 170 valence electrons. The van der Waals surface area contributed by atoms with Crippen molar-refractivity contribution in [1.82, 2.24) is 5.43 Å². The summed E-state index contributed by atoms with van der Waals surface area (Å²) < 4.78 is 24.9. The first-order chi connectivity index (χ1) is 15.9. The molecule has 0 aliphatic rings. The molecule has 0 heterocycles. The second-order valence-corrected chi connectivity index (χ2v) is 7.76. The Hall–Kier alpha value is -3.72. The van der Waals surface area contributed by atoms with E-state index in [4.69, 9.17) is 9.47 Å². The molecule has 3 rings (SSSR count). The Morgan fingerprint density at radius 3 is 2.52 bits per heavy atom. The largest absolute Gasteiger partial charge is 0.493 e. The van der Waals surface area contributed by atoms with Crippen molar-refractivity contribution in [3.63, 3.8) is 0 Å². The third-order valence-corrected chi connectivity index (χ3v) is 5.16. The number of hydrogen-bond donors (Lipinski definition) is 2. The number of benzene rings is 3.